The molecule has 0 aliphatic rings. The minimum absolute atomic E-state index is 0.0614. The van der Waals surface area contributed by atoms with Crippen molar-refractivity contribution in [3.8, 4) is 0 Å². The Balaban J connectivity index is 2.71. The van der Waals surface area contributed by atoms with E-state index in [0.717, 1.165) is 5.56 Å². The predicted molar refractivity (Wildman–Crippen MR) is 66.1 cm³/mol. The van der Waals surface area contributed by atoms with Crippen LogP contribution < -0.4 is 5.32 Å². The summed E-state index contributed by atoms with van der Waals surface area (Å²) in [6.07, 6.45) is 0. The maximum atomic E-state index is 11.1. The average Bonchev–Trinajstić information content (AvgIpc) is 2.25. The van der Waals surface area contributed by atoms with Gasteiger partial charge in [0.2, 0.25) is 5.91 Å². The van der Waals surface area contributed by atoms with Gasteiger partial charge in [-0.25, -0.2) is 0 Å². The molecule has 0 saturated heterocycles. The van der Waals surface area contributed by atoms with E-state index in [4.69, 9.17) is 0 Å². The number of thioether (sulfide) groups is 1. The summed E-state index contributed by atoms with van der Waals surface area (Å²) >= 11 is 1.22. The summed E-state index contributed by atoms with van der Waals surface area (Å²) < 4.78 is 0. The van der Waals surface area contributed by atoms with Crippen LogP contribution in [0.4, 0.5) is 0 Å². The van der Waals surface area contributed by atoms with Crippen LogP contribution in [0.25, 0.3) is 0 Å². The van der Waals surface area contributed by atoms with Gasteiger partial charge in [-0.05, 0) is 5.56 Å². The summed E-state index contributed by atoms with van der Waals surface area (Å²) in [7, 11) is 0. The molecule has 16 heavy (non-hydrogen) atoms. The number of carbonyl (C=O) groups excluding carboxylic acids is 2. The first-order valence-electron chi connectivity index (χ1n) is 5.05. The van der Waals surface area contributed by atoms with Gasteiger partial charge >= 0.3 is 0 Å². The molecule has 0 radical (unpaired) electrons. The van der Waals surface area contributed by atoms with Crippen molar-refractivity contribution >= 4 is 22.8 Å². The maximum absolute atomic E-state index is 11.1. The molecular weight excluding hydrogens is 222 g/mol. The fourth-order valence-electron chi connectivity index (χ4n) is 1.35. The van der Waals surface area contributed by atoms with Crippen LogP contribution in [0.1, 0.15) is 25.5 Å². The quantitative estimate of drug-likeness (QED) is 0.872. The number of nitrogens with one attached hydrogen (secondary N) is 1. The summed E-state index contributed by atoms with van der Waals surface area (Å²) in [5, 5.41) is 2.90. The van der Waals surface area contributed by atoms with Crippen molar-refractivity contribution in [1.82, 2.24) is 5.32 Å². The Bertz CT molecular complexity index is 365. The Morgan fingerprint density at radius 2 is 1.88 bits per heavy atom. The van der Waals surface area contributed by atoms with Gasteiger partial charge in [0.15, 0.2) is 5.12 Å². The minimum atomic E-state index is -0.104. The fourth-order valence-corrected chi connectivity index (χ4v) is 2.03. The standard InChI is InChI=1S/C12H15NO2S/c1-9(14)13-12(8-16-10(2)15)11-6-4-3-5-7-11/h3-7,12H,8H2,1-2H3,(H,13,14). The second-order valence-corrected chi connectivity index (χ2v) is 4.66. The molecule has 1 aromatic carbocycles. The molecule has 1 N–H and O–H groups in total. The van der Waals surface area contributed by atoms with E-state index in [1.807, 2.05) is 30.3 Å². The van der Waals surface area contributed by atoms with Gasteiger partial charge in [0, 0.05) is 19.6 Å². The molecule has 1 unspecified atom stereocenters. The molecule has 0 aromatic heterocycles. The first-order valence-corrected chi connectivity index (χ1v) is 6.03. The molecule has 1 rings (SSSR count). The second-order valence-electron chi connectivity index (χ2n) is 3.47. The number of hydrogen-bond acceptors (Lipinski definition) is 3. The van der Waals surface area contributed by atoms with E-state index in [2.05, 4.69) is 5.32 Å². The molecule has 86 valence electrons. The highest BCUT2D eigenvalue weighted by atomic mass is 32.2. The van der Waals surface area contributed by atoms with Gasteiger partial charge < -0.3 is 5.32 Å². The van der Waals surface area contributed by atoms with Crippen LogP contribution in [-0.4, -0.2) is 16.8 Å². The van der Waals surface area contributed by atoms with Crippen molar-refractivity contribution < 1.29 is 9.59 Å². The molecule has 1 atom stereocenters. The number of rotatable bonds is 4. The summed E-state index contributed by atoms with van der Waals surface area (Å²) in [5.41, 5.74) is 1.02. The van der Waals surface area contributed by atoms with Crippen LogP contribution in [-0.2, 0) is 9.59 Å². The van der Waals surface area contributed by atoms with Gasteiger partial charge in [0.25, 0.3) is 0 Å². The lowest BCUT2D eigenvalue weighted by Gasteiger charge is -2.17. The fraction of sp³-hybridized carbons (Fsp3) is 0.333. The molecule has 1 aromatic rings. The lowest BCUT2D eigenvalue weighted by atomic mass is 10.1. The summed E-state index contributed by atoms with van der Waals surface area (Å²) in [6.45, 7) is 3.01. The highest BCUT2D eigenvalue weighted by Gasteiger charge is 2.13. The number of hydrogen-bond donors (Lipinski definition) is 1. The maximum Gasteiger partial charge on any atom is 0.217 e. The van der Waals surface area contributed by atoms with Crippen LogP contribution in [0.2, 0.25) is 0 Å². The summed E-state index contributed by atoms with van der Waals surface area (Å²) in [5.74, 6) is 0.483. The lowest BCUT2D eigenvalue weighted by molar-refractivity contribution is -0.119. The van der Waals surface area contributed by atoms with Gasteiger partial charge in [0.1, 0.15) is 0 Å². The van der Waals surface area contributed by atoms with Crippen LogP contribution in [0, 0.1) is 0 Å². The molecule has 0 heterocycles. The zero-order chi connectivity index (χ0) is 12.0. The third-order valence-corrected chi connectivity index (χ3v) is 2.94. The minimum Gasteiger partial charge on any atom is -0.349 e. The zero-order valence-corrected chi connectivity index (χ0v) is 10.2. The van der Waals surface area contributed by atoms with Crippen LogP contribution in [0.5, 0.6) is 0 Å². The molecule has 3 nitrogen and oxygen atoms in total. The van der Waals surface area contributed by atoms with E-state index in [1.165, 1.54) is 25.6 Å². The van der Waals surface area contributed by atoms with E-state index in [0.29, 0.717) is 5.75 Å². The highest BCUT2D eigenvalue weighted by molar-refractivity contribution is 8.13. The lowest BCUT2D eigenvalue weighted by Crippen LogP contribution is -2.27. The SMILES string of the molecule is CC(=O)NC(CSC(C)=O)c1ccccc1. The van der Waals surface area contributed by atoms with Crippen molar-refractivity contribution in [2.75, 3.05) is 5.75 Å². The molecule has 1 amide bonds. The number of carbonyl (C=O) groups is 2. The Morgan fingerprint density at radius 3 is 2.38 bits per heavy atom. The number of amides is 1. The van der Waals surface area contributed by atoms with Crippen LogP contribution in [0.15, 0.2) is 30.3 Å². The molecule has 0 fully saturated rings. The van der Waals surface area contributed by atoms with E-state index >= 15 is 0 Å². The van der Waals surface area contributed by atoms with Crippen molar-refractivity contribution in [3.05, 3.63) is 35.9 Å². The van der Waals surface area contributed by atoms with E-state index in [1.54, 1.807) is 0 Å². The van der Waals surface area contributed by atoms with E-state index < -0.39 is 0 Å². The molecule has 4 heteroatoms. The van der Waals surface area contributed by atoms with Gasteiger partial charge in [-0.1, -0.05) is 42.1 Å². The number of benzene rings is 1. The van der Waals surface area contributed by atoms with Crippen molar-refractivity contribution in [2.45, 2.75) is 19.9 Å². The largest absolute Gasteiger partial charge is 0.349 e. The Kier molecular flexibility index (Phi) is 5.05. The average molecular weight is 237 g/mol. The molecule has 0 bridgehead atoms. The topological polar surface area (TPSA) is 46.2 Å². The highest BCUT2D eigenvalue weighted by Crippen LogP contribution is 2.18. The Labute approximate surface area is 99.6 Å². The van der Waals surface area contributed by atoms with Crippen molar-refractivity contribution in [2.24, 2.45) is 0 Å². The first-order chi connectivity index (χ1) is 7.59. The summed E-state index contributed by atoms with van der Waals surface area (Å²) in [6, 6.07) is 9.55. The smallest absolute Gasteiger partial charge is 0.217 e. The normalized spacial score (nSPS) is 11.9. The molecule has 0 aliphatic carbocycles. The second kappa shape index (κ2) is 6.33. The Hall–Kier alpha value is -1.29. The third kappa shape index (κ3) is 4.49. The summed E-state index contributed by atoms with van der Waals surface area (Å²) in [4.78, 5) is 22.0. The zero-order valence-electron chi connectivity index (χ0n) is 9.40. The van der Waals surface area contributed by atoms with Gasteiger partial charge in [-0.15, -0.1) is 0 Å². The van der Waals surface area contributed by atoms with Crippen molar-refractivity contribution in [1.29, 1.82) is 0 Å². The van der Waals surface area contributed by atoms with E-state index in [9.17, 15) is 9.59 Å². The van der Waals surface area contributed by atoms with E-state index in [-0.39, 0.29) is 17.1 Å². The van der Waals surface area contributed by atoms with Crippen LogP contribution >= 0.6 is 11.8 Å². The van der Waals surface area contributed by atoms with Crippen LogP contribution in [0.3, 0.4) is 0 Å². The Morgan fingerprint density at radius 1 is 1.25 bits per heavy atom. The van der Waals surface area contributed by atoms with Crippen molar-refractivity contribution in [3.63, 3.8) is 0 Å². The monoisotopic (exact) mass is 237 g/mol. The molecule has 0 spiro atoms. The van der Waals surface area contributed by atoms with Gasteiger partial charge in [0.05, 0.1) is 6.04 Å². The molecular formula is C12H15NO2S. The van der Waals surface area contributed by atoms with Gasteiger partial charge in [-0.2, -0.15) is 0 Å². The molecule has 0 aliphatic heterocycles. The van der Waals surface area contributed by atoms with Gasteiger partial charge in [-0.3, -0.25) is 9.59 Å². The predicted octanol–water partition coefficient (Wildman–Crippen LogP) is 2.14. The molecule has 0 saturated carbocycles. The third-order valence-electron chi connectivity index (χ3n) is 2.03. The first kappa shape index (κ1) is 12.8.